The van der Waals surface area contributed by atoms with Gasteiger partial charge in [-0.2, -0.15) is 13.2 Å². The number of carboxylic acid groups (broad SMARTS) is 1. The fourth-order valence-electron chi connectivity index (χ4n) is 6.92. The molecule has 1 fully saturated rings. The van der Waals surface area contributed by atoms with E-state index < -0.39 is 62.5 Å². The normalized spacial score (nSPS) is 13.6. The highest BCUT2D eigenvalue weighted by molar-refractivity contribution is 7.90. The first kappa shape index (κ1) is 64.4. The number of nitrogens with two attached hydrogens (primary N) is 1. The number of aromatic nitrogens is 1. The molecule has 3 atom stereocenters. The standard InChI is InChI=1S/C15H22ClNO2.C15H12F3NO4S.C14H9Cl2NO5.C5H12NO4P/c1-5-13-8-6-7-11(2)15(13)17(14(18)9-16)12(3)10-19-4;1-24(21,22)12-6-9(15(16,17)18)4-5-10(12)13(20)11-7-19-23-14(11)8-2-3-8;1-21-14(18)10-7-9(3-4-12(10)17(19)20)22-13-5-2-8(15)6-11(13)16;1-11(9,10)3-2-4(6)5(7)8/h6-8,12H,5,9-10H2,1-4H3;4-8H,2-3H2,1H3;2-7H,1H3;4H,2-3,6H2,1H3,(H,7,8)(H,9,10). The van der Waals surface area contributed by atoms with Crippen molar-refractivity contribution in [3.8, 4) is 11.5 Å². The lowest BCUT2D eigenvalue weighted by Crippen LogP contribution is -2.43. The smallest absolute Gasteiger partial charge is 0.416 e. The minimum absolute atomic E-state index is 0.0223. The van der Waals surface area contributed by atoms with Crippen LogP contribution in [0, 0.1) is 17.0 Å². The Balaban J connectivity index is 0.000000276. The van der Waals surface area contributed by atoms with E-state index in [1.807, 2.05) is 26.0 Å². The van der Waals surface area contributed by atoms with Crippen molar-refractivity contribution < 1.29 is 79.0 Å². The Morgan fingerprint density at radius 3 is 2.20 bits per heavy atom. The number of carbonyl (C=O) groups excluding carboxylic acids is 3. The molecule has 0 radical (unpaired) electrons. The topological polar surface area (TPSA) is 286 Å². The molecule has 0 saturated heterocycles. The SMILES string of the molecule is CCc1cccc(C)c1N(C(=O)CCl)C(C)COC.COC(=O)c1cc(Oc2ccc(Cl)cc2Cl)ccc1[N+](=O)[O-].CP(=O)(O)CCC(N)C(=O)O.CS(=O)(=O)c1cc(C(F)(F)F)ccc1C(=O)c1cnoc1C1CC1. The second-order valence-electron chi connectivity index (χ2n) is 16.9. The van der Waals surface area contributed by atoms with Crippen LogP contribution in [0.4, 0.5) is 24.5 Å². The first-order valence-electron chi connectivity index (χ1n) is 22.5. The van der Waals surface area contributed by atoms with Crippen LogP contribution >= 0.6 is 42.2 Å². The van der Waals surface area contributed by atoms with E-state index in [0.717, 1.165) is 61.6 Å². The number of para-hydroxylation sites is 1. The summed E-state index contributed by atoms with van der Waals surface area (Å²) >= 11 is 17.5. The van der Waals surface area contributed by atoms with Gasteiger partial charge in [0.15, 0.2) is 28.7 Å². The van der Waals surface area contributed by atoms with Gasteiger partial charge in [0, 0.05) is 54.8 Å². The zero-order valence-corrected chi connectivity index (χ0v) is 45.9. The highest BCUT2D eigenvalue weighted by Crippen LogP contribution is 2.43. The minimum Gasteiger partial charge on any atom is -0.480 e. The first-order chi connectivity index (χ1) is 35.4. The van der Waals surface area contributed by atoms with Gasteiger partial charge in [-0.15, -0.1) is 11.6 Å². The molecule has 1 aliphatic rings. The first-order valence-corrected chi connectivity index (χ1v) is 28.0. The number of carbonyl (C=O) groups is 4. The van der Waals surface area contributed by atoms with Gasteiger partial charge in [-0.3, -0.25) is 29.1 Å². The van der Waals surface area contributed by atoms with E-state index in [9.17, 15) is 55.4 Å². The molecule has 27 heteroatoms. The maximum atomic E-state index is 12.8. The second-order valence-corrected chi connectivity index (χ2v) is 22.6. The Kier molecular flexibility index (Phi) is 24.1. The van der Waals surface area contributed by atoms with Crippen molar-refractivity contribution in [1.29, 1.82) is 0 Å². The molecule has 414 valence electrons. The average Bonchev–Trinajstić information content (AvgIpc) is 4.08. The number of halogens is 6. The summed E-state index contributed by atoms with van der Waals surface area (Å²) in [5.41, 5.74) is 6.35. The maximum absolute atomic E-state index is 12.8. The fraction of sp³-hybridized carbons (Fsp3) is 0.367. The van der Waals surface area contributed by atoms with Gasteiger partial charge in [-0.1, -0.05) is 53.5 Å². The van der Waals surface area contributed by atoms with Gasteiger partial charge in [0.05, 0.1) is 57.6 Å². The highest BCUT2D eigenvalue weighted by Gasteiger charge is 2.36. The molecule has 6 rings (SSSR count). The number of nitro benzene ring substituents is 1. The van der Waals surface area contributed by atoms with Crippen LogP contribution < -0.4 is 15.4 Å². The molecule has 0 bridgehead atoms. The number of nitro groups is 1. The number of esters is 1. The average molecular weight is 1170 g/mol. The van der Waals surface area contributed by atoms with Crippen molar-refractivity contribution in [3.63, 3.8) is 0 Å². The van der Waals surface area contributed by atoms with Crippen molar-refractivity contribution in [2.45, 2.75) is 75.5 Å². The lowest BCUT2D eigenvalue weighted by atomic mass is 10.0. The number of aliphatic carboxylic acids is 1. The number of alkyl halides is 4. The van der Waals surface area contributed by atoms with Crippen molar-refractivity contribution in [2.75, 3.05) is 50.7 Å². The number of amides is 1. The van der Waals surface area contributed by atoms with E-state index >= 15 is 0 Å². The van der Waals surface area contributed by atoms with Crippen LogP contribution in [0.3, 0.4) is 0 Å². The Morgan fingerprint density at radius 1 is 1.03 bits per heavy atom. The quantitative estimate of drug-likeness (QED) is 0.0183. The van der Waals surface area contributed by atoms with E-state index in [2.05, 4.69) is 22.9 Å². The van der Waals surface area contributed by atoms with Gasteiger partial charge < -0.3 is 39.4 Å². The molecule has 3 unspecified atom stereocenters. The van der Waals surface area contributed by atoms with Crippen LogP contribution in [0.2, 0.25) is 10.0 Å². The second kappa shape index (κ2) is 28.5. The Morgan fingerprint density at radius 2 is 1.68 bits per heavy atom. The molecule has 1 amide bonds. The van der Waals surface area contributed by atoms with E-state index in [1.165, 1.54) is 31.1 Å². The van der Waals surface area contributed by atoms with Gasteiger partial charge in [-0.25, -0.2) is 13.2 Å². The number of hydrogen-bond donors (Lipinski definition) is 3. The number of benzene rings is 4. The number of sulfone groups is 1. The zero-order valence-electron chi connectivity index (χ0n) is 41.9. The zero-order chi connectivity index (χ0) is 57.5. The molecular weight excluding hydrogens is 1110 g/mol. The molecular formula is C49H55Cl3F3N4O15PS. The van der Waals surface area contributed by atoms with E-state index in [1.54, 1.807) is 24.1 Å². The molecule has 19 nitrogen and oxygen atoms in total. The van der Waals surface area contributed by atoms with Crippen molar-refractivity contribution in [3.05, 3.63) is 138 Å². The van der Waals surface area contributed by atoms with Crippen LogP contribution in [-0.4, -0.2) is 110 Å². The van der Waals surface area contributed by atoms with Crippen LogP contribution in [-0.2, 0) is 46.1 Å². The van der Waals surface area contributed by atoms with Crippen molar-refractivity contribution >= 4 is 87.0 Å². The predicted octanol–water partition coefficient (Wildman–Crippen LogP) is 10.5. The number of ketones is 1. The van der Waals surface area contributed by atoms with Crippen LogP contribution in [0.5, 0.6) is 11.5 Å². The third-order valence-electron chi connectivity index (χ3n) is 10.8. The molecule has 1 heterocycles. The van der Waals surface area contributed by atoms with Gasteiger partial charge in [0.1, 0.15) is 29.0 Å². The van der Waals surface area contributed by atoms with Gasteiger partial charge in [0.2, 0.25) is 5.91 Å². The van der Waals surface area contributed by atoms with E-state index in [0.29, 0.717) is 35.3 Å². The molecule has 5 aromatic rings. The van der Waals surface area contributed by atoms with Crippen LogP contribution in [0.1, 0.15) is 87.8 Å². The molecule has 4 N–H and O–H groups in total. The van der Waals surface area contributed by atoms with Gasteiger partial charge in [-0.05, 0) is 93.1 Å². The number of anilines is 1. The minimum atomic E-state index is -4.71. The number of ether oxygens (including phenoxy) is 3. The summed E-state index contributed by atoms with van der Waals surface area (Å²) in [7, 11) is -4.37. The summed E-state index contributed by atoms with van der Waals surface area (Å²) in [6.45, 7) is 7.74. The Bertz CT molecular complexity index is 3040. The number of rotatable bonds is 18. The number of methoxy groups -OCH3 is 2. The van der Waals surface area contributed by atoms with Crippen molar-refractivity contribution in [1.82, 2.24) is 5.16 Å². The fourth-order valence-corrected chi connectivity index (χ4v) is 9.15. The molecule has 0 spiro atoms. The van der Waals surface area contributed by atoms with E-state index in [-0.39, 0.29) is 69.5 Å². The summed E-state index contributed by atoms with van der Waals surface area (Å²) in [4.78, 5) is 66.7. The molecule has 0 aliphatic heterocycles. The lowest BCUT2D eigenvalue weighted by molar-refractivity contribution is -0.385. The predicted molar refractivity (Wildman–Crippen MR) is 278 cm³/mol. The van der Waals surface area contributed by atoms with Gasteiger partial charge >= 0.3 is 18.1 Å². The summed E-state index contributed by atoms with van der Waals surface area (Å²) in [5, 5.41) is 23.5. The number of nitrogens with zero attached hydrogens (tertiary/aromatic N) is 3. The molecule has 1 saturated carbocycles. The molecule has 4 aromatic carbocycles. The molecule has 1 aromatic heterocycles. The highest BCUT2D eigenvalue weighted by atomic mass is 35.5. The maximum Gasteiger partial charge on any atom is 0.416 e. The summed E-state index contributed by atoms with van der Waals surface area (Å²) in [6.07, 6.45) is -0.266. The Hall–Kier alpha value is -5.91. The monoisotopic (exact) mass is 1160 g/mol. The van der Waals surface area contributed by atoms with Crippen molar-refractivity contribution in [2.24, 2.45) is 5.73 Å². The third-order valence-corrected chi connectivity index (χ3v) is 13.8. The number of carboxylic acids is 1. The summed E-state index contributed by atoms with van der Waals surface area (Å²) < 4.78 is 93.2. The number of hydrogen-bond acceptors (Lipinski definition) is 15. The number of aryl methyl sites for hydroxylation is 2. The molecule has 1 aliphatic carbocycles. The third kappa shape index (κ3) is 19.0. The lowest BCUT2D eigenvalue weighted by Gasteiger charge is -2.31. The van der Waals surface area contributed by atoms with Crippen LogP contribution in [0.25, 0.3) is 0 Å². The van der Waals surface area contributed by atoms with Crippen LogP contribution in [0.15, 0.2) is 88.4 Å². The van der Waals surface area contributed by atoms with E-state index in [4.69, 9.17) is 64.5 Å². The summed E-state index contributed by atoms with van der Waals surface area (Å²) in [5.74, 6) is -1.90. The largest absolute Gasteiger partial charge is 0.480 e. The molecule has 76 heavy (non-hydrogen) atoms. The Labute approximate surface area is 450 Å². The summed E-state index contributed by atoms with van der Waals surface area (Å²) in [6, 6.07) is 15.4. The van der Waals surface area contributed by atoms with Gasteiger partial charge in [0.25, 0.3) is 5.69 Å².